The van der Waals surface area contributed by atoms with Crippen LogP contribution in [0.4, 0.5) is 19.3 Å². The number of rotatable bonds is 5. The van der Waals surface area contributed by atoms with Gasteiger partial charge in [0, 0.05) is 23.7 Å². The smallest absolute Gasteiger partial charge is 0.303 e. The van der Waals surface area contributed by atoms with Crippen LogP contribution in [0.3, 0.4) is 0 Å². The molecule has 6 rings (SSSR count). The Balaban J connectivity index is 1.14. The van der Waals surface area contributed by atoms with Crippen molar-refractivity contribution in [1.29, 1.82) is 0 Å². The number of amides is 3. The maximum atomic E-state index is 14.0. The number of hydrogen-bond acceptors (Lipinski definition) is 4. The molecule has 0 aromatic heterocycles. The van der Waals surface area contributed by atoms with E-state index in [0.717, 1.165) is 44.6 Å². The fourth-order valence-electron chi connectivity index (χ4n) is 6.24. The first-order chi connectivity index (χ1) is 18.5. The number of carbonyl (C=O) groups is 2. The van der Waals surface area contributed by atoms with Gasteiger partial charge >= 0.3 is 6.03 Å². The van der Waals surface area contributed by atoms with E-state index in [0.29, 0.717) is 13.0 Å². The molecule has 38 heavy (non-hydrogen) atoms. The predicted molar refractivity (Wildman–Crippen MR) is 146 cm³/mol. The Hall–Kier alpha value is -3.23. The second kappa shape index (κ2) is 10.2. The Morgan fingerprint density at radius 1 is 0.921 bits per heavy atom. The fraction of sp³-hybridized carbons (Fsp3) is 0.333. The zero-order valence-corrected chi connectivity index (χ0v) is 21.9. The van der Waals surface area contributed by atoms with E-state index in [9.17, 15) is 18.4 Å². The molecule has 1 aliphatic carbocycles. The number of fused-ring (bicyclic) bond motifs is 5. The monoisotopic (exact) mass is 533 g/mol. The van der Waals surface area contributed by atoms with Gasteiger partial charge in [0.15, 0.2) is 11.6 Å². The first-order valence-corrected chi connectivity index (χ1v) is 14.2. The topological polar surface area (TPSA) is 43.9 Å². The lowest BCUT2D eigenvalue weighted by Gasteiger charge is -2.41. The Morgan fingerprint density at radius 2 is 1.58 bits per heavy atom. The standard InChI is InChI=1S/C30H29F2N3O2S/c31-26-11-10-21(18-27(26)32)34(29(37)35-20-38-19-28(35)36)15-5-14-33-16-12-30(13-17-33)24-8-3-1-6-22(24)23-7-2-4-9-25(23)30/h1-4,6-11,18H,5,12-17,19-20H2. The van der Waals surface area contributed by atoms with Crippen molar-refractivity contribution in [2.24, 2.45) is 0 Å². The molecular weight excluding hydrogens is 504 g/mol. The molecule has 0 radical (unpaired) electrons. The highest BCUT2D eigenvalue weighted by molar-refractivity contribution is 8.00. The summed E-state index contributed by atoms with van der Waals surface area (Å²) in [4.78, 5) is 30.4. The number of benzene rings is 3. The number of urea groups is 1. The van der Waals surface area contributed by atoms with Crippen molar-refractivity contribution in [2.75, 3.05) is 42.7 Å². The normalized spacial score (nSPS) is 18.1. The first-order valence-electron chi connectivity index (χ1n) is 13.0. The molecule has 3 aromatic carbocycles. The maximum absolute atomic E-state index is 14.0. The molecule has 0 unspecified atom stereocenters. The second-order valence-corrected chi connectivity index (χ2v) is 11.2. The molecule has 196 valence electrons. The van der Waals surface area contributed by atoms with Gasteiger partial charge in [0.05, 0.1) is 11.6 Å². The van der Waals surface area contributed by atoms with Crippen LogP contribution < -0.4 is 4.90 Å². The fourth-order valence-corrected chi connectivity index (χ4v) is 7.09. The third-order valence-electron chi connectivity index (χ3n) is 8.16. The zero-order valence-electron chi connectivity index (χ0n) is 21.0. The molecule has 8 heteroatoms. The highest BCUT2D eigenvalue weighted by atomic mass is 32.2. The van der Waals surface area contributed by atoms with Crippen LogP contribution in [0.15, 0.2) is 66.7 Å². The lowest BCUT2D eigenvalue weighted by molar-refractivity contribution is -0.123. The van der Waals surface area contributed by atoms with E-state index in [1.807, 2.05) is 0 Å². The van der Waals surface area contributed by atoms with Crippen molar-refractivity contribution < 1.29 is 18.4 Å². The van der Waals surface area contributed by atoms with Gasteiger partial charge in [0.2, 0.25) is 5.91 Å². The summed E-state index contributed by atoms with van der Waals surface area (Å²) in [6.07, 6.45) is 2.69. The van der Waals surface area contributed by atoms with Crippen LogP contribution in [0.1, 0.15) is 30.4 Å². The van der Waals surface area contributed by atoms with Crippen LogP contribution >= 0.6 is 11.8 Å². The second-order valence-electron chi connectivity index (χ2n) is 10.2. The summed E-state index contributed by atoms with van der Waals surface area (Å²) in [7, 11) is 0. The van der Waals surface area contributed by atoms with E-state index in [1.54, 1.807) is 0 Å². The number of likely N-dealkylation sites (tertiary alicyclic amines) is 1. The van der Waals surface area contributed by atoms with Crippen LogP contribution in [0, 0.1) is 11.6 Å². The third-order valence-corrected chi connectivity index (χ3v) is 9.06. The Bertz CT molecular complexity index is 1340. The van der Waals surface area contributed by atoms with Crippen molar-refractivity contribution in [1.82, 2.24) is 9.80 Å². The summed E-state index contributed by atoms with van der Waals surface area (Å²) in [6, 6.07) is 20.4. The minimum Gasteiger partial charge on any atom is -0.303 e. The van der Waals surface area contributed by atoms with Crippen LogP contribution in [0.2, 0.25) is 0 Å². The molecule has 0 N–H and O–H groups in total. The number of imide groups is 1. The van der Waals surface area contributed by atoms with Gasteiger partial charge in [-0.25, -0.2) is 13.6 Å². The zero-order chi connectivity index (χ0) is 26.3. The van der Waals surface area contributed by atoms with E-state index in [2.05, 4.69) is 53.4 Å². The van der Waals surface area contributed by atoms with Crippen molar-refractivity contribution >= 4 is 29.4 Å². The summed E-state index contributed by atoms with van der Waals surface area (Å²) in [5.74, 6) is -1.72. The summed E-state index contributed by atoms with van der Waals surface area (Å²) in [5.41, 5.74) is 5.81. The molecule has 0 bridgehead atoms. The first kappa shape index (κ1) is 25.1. The molecule has 0 atom stereocenters. The lowest BCUT2D eigenvalue weighted by atomic mass is 9.71. The summed E-state index contributed by atoms with van der Waals surface area (Å²) in [6.45, 7) is 2.95. The third kappa shape index (κ3) is 4.29. The number of nitrogens with zero attached hydrogens (tertiary/aromatic N) is 3. The molecule has 1 spiro atoms. The SMILES string of the molecule is O=C1CSCN1C(=O)N(CCCN1CCC2(CC1)c1ccccc1-c1ccccc12)c1ccc(F)c(F)c1. The van der Waals surface area contributed by atoms with Crippen LogP contribution in [0.25, 0.3) is 11.1 Å². The van der Waals surface area contributed by atoms with E-state index in [1.165, 1.54) is 49.9 Å². The summed E-state index contributed by atoms with van der Waals surface area (Å²) in [5, 5.41) is 0. The molecule has 5 nitrogen and oxygen atoms in total. The molecule has 0 saturated carbocycles. The summed E-state index contributed by atoms with van der Waals surface area (Å²) >= 11 is 1.37. The minimum atomic E-state index is -1.01. The number of hydrogen-bond donors (Lipinski definition) is 0. The maximum Gasteiger partial charge on any atom is 0.331 e. The van der Waals surface area contributed by atoms with Crippen molar-refractivity contribution in [3.63, 3.8) is 0 Å². The van der Waals surface area contributed by atoms with E-state index >= 15 is 0 Å². The molecule has 2 heterocycles. The molecule has 3 amide bonds. The average molecular weight is 534 g/mol. The lowest BCUT2D eigenvalue weighted by Crippen LogP contribution is -2.46. The van der Waals surface area contributed by atoms with Crippen LogP contribution in [-0.2, 0) is 10.2 Å². The molecule has 2 fully saturated rings. The van der Waals surface area contributed by atoms with Crippen molar-refractivity contribution in [3.8, 4) is 11.1 Å². The van der Waals surface area contributed by atoms with Gasteiger partial charge in [-0.2, -0.15) is 0 Å². The van der Waals surface area contributed by atoms with Gasteiger partial charge in [0.1, 0.15) is 0 Å². The number of piperidine rings is 1. The molecule has 3 aromatic rings. The molecule has 3 aliphatic rings. The molecule has 2 aliphatic heterocycles. The Kier molecular flexibility index (Phi) is 6.70. The van der Waals surface area contributed by atoms with Gasteiger partial charge in [-0.15, -0.1) is 11.8 Å². The number of thioether (sulfide) groups is 1. The predicted octanol–water partition coefficient (Wildman–Crippen LogP) is 5.88. The van der Waals surface area contributed by atoms with Gasteiger partial charge in [0.25, 0.3) is 0 Å². The van der Waals surface area contributed by atoms with Crippen LogP contribution in [0.5, 0.6) is 0 Å². The quantitative estimate of drug-likeness (QED) is 0.411. The molecular formula is C30H29F2N3O2S. The minimum absolute atomic E-state index is 0.0328. The highest BCUT2D eigenvalue weighted by Crippen LogP contribution is 2.53. The summed E-state index contributed by atoms with van der Waals surface area (Å²) < 4.78 is 27.6. The van der Waals surface area contributed by atoms with Gasteiger partial charge in [-0.05, 0) is 73.3 Å². The van der Waals surface area contributed by atoms with Crippen molar-refractivity contribution in [2.45, 2.75) is 24.7 Å². The van der Waals surface area contributed by atoms with Gasteiger partial charge in [-0.1, -0.05) is 48.5 Å². The number of anilines is 1. The molecule has 2 saturated heterocycles. The van der Waals surface area contributed by atoms with E-state index in [4.69, 9.17) is 0 Å². The average Bonchev–Trinajstić information content (AvgIpc) is 3.49. The van der Waals surface area contributed by atoms with Gasteiger partial charge < -0.3 is 4.90 Å². The van der Waals surface area contributed by atoms with Crippen LogP contribution in [-0.4, -0.2) is 59.5 Å². The number of carbonyl (C=O) groups excluding carboxylic acids is 2. The Morgan fingerprint density at radius 3 is 2.18 bits per heavy atom. The largest absolute Gasteiger partial charge is 0.331 e. The Labute approximate surface area is 225 Å². The number of halogens is 2. The van der Waals surface area contributed by atoms with Crippen molar-refractivity contribution in [3.05, 3.63) is 89.5 Å². The van der Waals surface area contributed by atoms with E-state index in [-0.39, 0.29) is 28.6 Å². The van der Waals surface area contributed by atoms with E-state index < -0.39 is 17.7 Å². The van der Waals surface area contributed by atoms with Gasteiger partial charge in [-0.3, -0.25) is 14.6 Å². The highest BCUT2D eigenvalue weighted by Gasteiger charge is 2.44.